The Balaban J connectivity index is 1.90. The standard InChI is InChI=1S/C15H17NO3S/c1-10(6-15(18)19)8-16-14(17)7-11-9-20-13-5-3-2-4-12(11)13/h2-5,9-10H,6-8H2,1H3,(H,16,17)(H,18,19). The Bertz CT molecular complexity index is 620. The minimum Gasteiger partial charge on any atom is -0.481 e. The molecule has 1 heterocycles. The highest BCUT2D eigenvalue weighted by Crippen LogP contribution is 2.25. The summed E-state index contributed by atoms with van der Waals surface area (Å²) in [6.07, 6.45) is 0.408. The first-order valence-electron chi connectivity index (χ1n) is 6.50. The molecule has 0 aliphatic carbocycles. The summed E-state index contributed by atoms with van der Waals surface area (Å²) in [4.78, 5) is 22.4. The van der Waals surface area contributed by atoms with E-state index < -0.39 is 5.97 Å². The molecule has 2 aromatic rings. The van der Waals surface area contributed by atoms with Crippen molar-refractivity contribution < 1.29 is 14.7 Å². The number of rotatable bonds is 6. The number of aliphatic carboxylic acids is 1. The maximum Gasteiger partial charge on any atom is 0.303 e. The number of hydrogen-bond donors (Lipinski definition) is 2. The number of carbonyl (C=O) groups excluding carboxylic acids is 1. The molecule has 0 saturated carbocycles. The van der Waals surface area contributed by atoms with E-state index in [0.717, 1.165) is 10.9 Å². The van der Waals surface area contributed by atoms with Crippen LogP contribution in [0.25, 0.3) is 10.1 Å². The van der Waals surface area contributed by atoms with Crippen molar-refractivity contribution >= 4 is 33.3 Å². The van der Waals surface area contributed by atoms with Crippen LogP contribution in [0.3, 0.4) is 0 Å². The van der Waals surface area contributed by atoms with Crippen LogP contribution in [0.4, 0.5) is 0 Å². The topological polar surface area (TPSA) is 66.4 Å². The Morgan fingerprint density at radius 1 is 1.35 bits per heavy atom. The highest BCUT2D eigenvalue weighted by molar-refractivity contribution is 7.17. The van der Waals surface area contributed by atoms with Crippen molar-refractivity contribution in [2.45, 2.75) is 19.8 Å². The number of hydrogen-bond acceptors (Lipinski definition) is 3. The van der Waals surface area contributed by atoms with Crippen molar-refractivity contribution in [1.82, 2.24) is 5.32 Å². The van der Waals surface area contributed by atoms with Gasteiger partial charge >= 0.3 is 5.97 Å². The van der Waals surface area contributed by atoms with E-state index >= 15 is 0 Å². The summed E-state index contributed by atoms with van der Waals surface area (Å²) in [6, 6.07) is 8.00. The van der Waals surface area contributed by atoms with E-state index in [2.05, 4.69) is 5.32 Å². The Labute approximate surface area is 121 Å². The van der Waals surface area contributed by atoms with E-state index in [4.69, 9.17) is 5.11 Å². The van der Waals surface area contributed by atoms with Gasteiger partial charge in [-0.25, -0.2) is 0 Å². The summed E-state index contributed by atoms with van der Waals surface area (Å²) in [7, 11) is 0. The summed E-state index contributed by atoms with van der Waals surface area (Å²) in [6.45, 7) is 2.21. The van der Waals surface area contributed by atoms with Gasteiger partial charge in [-0.3, -0.25) is 9.59 Å². The first kappa shape index (κ1) is 14.5. The number of nitrogens with one attached hydrogen (secondary N) is 1. The Morgan fingerprint density at radius 2 is 2.10 bits per heavy atom. The van der Waals surface area contributed by atoms with Crippen LogP contribution in [0.1, 0.15) is 18.9 Å². The average Bonchev–Trinajstić information content (AvgIpc) is 2.79. The van der Waals surface area contributed by atoms with Crippen LogP contribution in [-0.2, 0) is 16.0 Å². The quantitative estimate of drug-likeness (QED) is 0.860. The zero-order chi connectivity index (χ0) is 14.5. The fourth-order valence-corrected chi connectivity index (χ4v) is 3.03. The third-order valence-electron chi connectivity index (χ3n) is 3.08. The van der Waals surface area contributed by atoms with E-state index in [-0.39, 0.29) is 18.2 Å². The van der Waals surface area contributed by atoms with Crippen LogP contribution in [-0.4, -0.2) is 23.5 Å². The largest absolute Gasteiger partial charge is 0.481 e. The number of benzene rings is 1. The van der Waals surface area contributed by atoms with E-state index in [1.165, 1.54) is 4.70 Å². The van der Waals surface area contributed by atoms with Crippen molar-refractivity contribution in [1.29, 1.82) is 0 Å². The summed E-state index contributed by atoms with van der Waals surface area (Å²) >= 11 is 1.63. The number of carboxylic acid groups (broad SMARTS) is 1. The maximum atomic E-state index is 11.9. The van der Waals surface area contributed by atoms with E-state index in [9.17, 15) is 9.59 Å². The van der Waals surface area contributed by atoms with Gasteiger partial charge in [0.05, 0.1) is 6.42 Å². The van der Waals surface area contributed by atoms with Gasteiger partial charge in [-0.15, -0.1) is 11.3 Å². The number of fused-ring (bicyclic) bond motifs is 1. The number of carboxylic acids is 1. The lowest BCUT2D eigenvalue weighted by molar-refractivity contribution is -0.138. The Hall–Kier alpha value is -1.88. The molecular formula is C15H17NO3S. The van der Waals surface area contributed by atoms with Gasteiger partial charge in [-0.05, 0) is 28.3 Å². The van der Waals surface area contributed by atoms with E-state index in [0.29, 0.717) is 13.0 Å². The van der Waals surface area contributed by atoms with Crippen LogP contribution >= 0.6 is 11.3 Å². The van der Waals surface area contributed by atoms with Gasteiger partial charge in [-0.2, -0.15) is 0 Å². The van der Waals surface area contributed by atoms with Gasteiger partial charge in [0.1, 0.15) is 0 Å². The molecular weight excluding hydrogens is 274 g/mol. The first-order valence-corrected chi connectivity index (χ1v) is 7.38. The molecule has 5 heteroatoms. The van der Waals surface area contributed by atoms with Crippen molar-refractivity contribution in [3.05, 3.63) is 35.2 Å². The normalized spacial score (nSPS) is 12.2. The molecule has 0 radical (unpaired) electrons. The zero-order valence-electron chi connectivity index (χ0n) is 11.3. The van der Waals surface area contributed by atoms with Gasteiger partial charge in [0.25, 0.3) is 0 Å². The molecule has 1 aromatic carbocycles. The van der Waals surface area contributed by atoms with E-state index in [1.807, 2.05) is 36.6 Å². The molecule has 0 aliphatic heterocycles. The van der Waals surface area contributed by atoms with Gasteiger partial charge in [0.2, 0.25) is 5.91 Å². The highest BCUT2D eigenvalue weighted by Gasteiger charge is 2.11. The van der Waals surface area contributed by atoms with Gasteiger partial charge in [0.15, 0.2) is 0 Å². The van der Waals surface area contributed by atoms with Crippen molar-refractivity contribution in [2.24, 2.45) is 5.92 Å². The van der Waals surface area contributed by atoms with Gasteiger partial charge in [0, 0.05) is 17.7 Å². The zero-order valence-corrected chi connectivity index (χ0v) is 12.1. The Morgan fingerprint density at radius 3 is 2.85 bits per heavy atom. The average molecular weight is 291 g/mol. The Kier molecular flexibility index (Phi) is 4.74. The van der Waals surface area contributed by atoms with Crippen LogP contribution in [0.5, 0.6) is 0 Å². The van der Waals surface area contributed by atoms with Crippen molar-refractivity contribution in [3.63, 3.8) is 0 Å². The lowest BCUT2D eigenvalue weighted by Gasteiger charge is -2.10. The molecule has 0 spiro atoms. The summed E-state index contributed by atoms with van der Waals surface area (Å²) in [5.41, 5.74) is 1.02. The molecule has 1 amide bonds. The second-order valence-corrected chi connectivity index (χ2v) is 5.85. The van der Waals surface area contributed by atoms with Gasteiger partial charge in [-0.1, -0.05) is 25.1 Å². The molecule has 20 heavy (non-hydrogen) atoms. The minimum absolute atomic E-state index is 0.0596. The second-order valence-electron chi connectivity index (χ2n) is 4.94. The van der Waals surface area contributed by atoms with Gasteiger partial charge < -0.3 is 10.4 Å². The predicted molar refractivity (Wildman–Crippen MR) is 80.0 cm³/mol. The molecule has 2 rings (SSSR count). The lowest BCUT2D eigenvalue weighted by Crippen LogP contribution is -2.30. The van der Waals surface area contributed by atoms with Crippen LogP contribution < -0.4 is 5.32 Å². The summed E-state index contributed by atoms with van der Waals surface area (Å²) in [5, 5.41) is 14.6. The SMILES string of the molecule is CC(CNC(=O)Cc1csc2ccccc12)CC(=O)O. The molecule has 1 aromatic heterocycles. The molecule has 0 bridgehead atoms. The number of amides is 1. The van der Waals surface area contributed by atoms with Crippen LogP contribution in [0, 0.1) is 5.92 Å². The highest BCUT2D eigenvalue weighted by atomic mass is 32.1. The van der Waals surface area contributed by atoms with Crippen molar-refractivity contribution in [2.75, 3.05) is 6.54 Å². The molecule has 4 nitrogen and oxygen atoms in total. The van der Waals surface area contributed by atoms with E-state index in [1.54, 1.807) is 11.3 Å². The monoisotopic (exact) mass is 291 g/mol. The minimum atomic E-state index is -0.837. The molecule has 1 atom stereocenters. The summed E-state index contributed by atoms with van der Waals surface area (Å²) in [5.74, 6) is -0.961. The predicted octanol–water partition coefficient (Wildman–Crippen LogP) is 2.67. The number of thiophene rings is 1. The smallest absolute Gasteiger partial charge is 0.303 e. The summed E-state index contributed by atoms with van der Waals surface area (Å²) < 4.78 is 1.18. The fraction of sp³-hybridized carbons (Fsp3) is 0.333. The molecule has 0 fully saturated rings. The van der Waals surface area contributed by atoms with Crippen molar-refractivity contribution in [3.8, 4) is 0 Å². The maximum absolute atomic E-state index is 11.9. The first-order chi connectivity index (χ1) is 9.56. The molecule has 106 valence electrons. The third kappa shape index (κ3) is 3.81. The van der Waals surface area contributed by atoms with Crippen LogP contribution in [0.2, 0.25) is 0 Å². The number of carbonyl (C=O) groups is 2. The third-order valence-corrected chi connectivity index (χ3v) is 4.10. The second kappa shape index (κ2) is 6.52. The molecule has 0 aliphatic rings. The van der Waals surface area contributed by atoms with Crippen LogP contribution in [0.15, 0.2) is 29.6 Å². The molecule has 1 unspecified atom stereocenters. The molecule has 2 N–H and O–H groups in total. The lowest BCUT2D eigenvalue weighted by atomic mass is 10.1. The molecule has 0 saturated heterocycles. The fourth-order valence-electron chi connectivity index (χ4n) is 2.06.